The molecular weight excluding hydrogens is 360 g/mol. The van der Waals surface area contributed by atoms with Gasteiger partial charge in [-0.25, -0.2) is 4.98 Å². The first-order valence-corrected chi connectivity index (χ1v) is 10.1. The Morgan fingerprint density at radius 1 is 1.07 bits per heavy atom. The third-order valence-corrected chi connectivity index (χ3v) is 6.28. The molecule has 0 N–H and O–H groups in total. The Kier molecular flexibility index (Phi) is 4.40. The van der Waals surface area contributed by atoms with Gasteiger partial charge in [-0.2, -0.15) is 5.26 Å². The second-order valence-corrected chi connectivity index (χ2v) is 8.03. The van der Waals surface area contributed by atoms with Gasteiger partial charge in [-0.05, 0) is 42.5 Å². The summed E-state index contributed by atoms with van der Waals surface area (Å²) in [5.74, 6) is 1.50. The van der Waals surface area contributed by atoms with Crippen LogP contribution < -0.4 is 10.5 Å². The third-order valence-electron chi connectivity index (χ3n) is 6.28. The van der Waals surface area contributed by atoms with Gasteiger partial charge in [-0.15, -0.1) is 0 Å². The van der Waals surface area contributed by atoms with E-state index in [4.69, 9.17) is 0 Å². The highest BCUT2D eigenvalue weighted by Gasteiger charge is 2.40. The summed E-state index contributed by atoms with van der Waals surface area (Å²) in [7, 11) is 0. The first kappa shape index (κ1) is 17.7. The van der Waals surface area contributed by atoms with Crippen LogP contribution in [0, 0.1) is 17.2 Å². The van der Waals surface area contributed by atoms with E-state index in [2.05, 4.69) is 46.3 Å². The van der Waals surface area contributed by atoms with Gasteiger partial charge in [-0.1, -0.05) is 36.4 Å². The van der Waals surface area contributed by atoms with Crippen LogP contribution >= 0.6 is 0 Å². The number of fused-ring (bicyclic) bond motifs is 4. The van der Waals surface area contributed by atoms with Gasteiger partial charge in [0.15, 0.2) is 0 Å². The lowest BCUT2D eigenvalue weighted by Crippen LogP contribution is -2.50. The minimum absolute atomic E-state index is 0.0937. The number of nitriles is 1. The molecule has 0 radical (unpaired) electrons. The molecule has 0 saturated carbocycles. The molecule has 2 bridgehead atoms. The standard InChI is InChI=1S/C24H22N4O/c25-14-18-9-10-26-23(12-18)27-15-19-13-20(16-27)22(11-17-5-2-1-3-6-17)28-21(19)7-4-8-24(28)29/h1-10,12,19-20,22H,11,13,15-16H2/t19-,20+,22+/m1/s1. The van der Waals surface area contributed by atoms with Crippen LogP contribution in [0.25, 0.3) is 0 Å². The fraction of sp³-hybridized carbons (Fsp3) is 0.292. The number of hydrogen-bond donors (Lipinski definition) is 0. The molecule has 1 fully saturated rings. The fourth-order valence-corrected chi connectivity index (χ4v) is 5.01. The Morgan fingerprint density at radius 2 is 1.93 bits per heavy atom. The van der Waals surface area contributed by atoms with Crippen molar-refractivity contribution in [3.8, 4) is 6.07 Å². The highest BCUT2D eigenvalue weighted by atomic mass is 16.1. The lowest BCUT2D eigenvalue weighted by molar-refractivity contribution is 0.211. The summed E-state index contributed by atoms with van der Waals surface area (Å²) in [6, 6.07) is 22.0. The molecule has 1 aromatic carbocycles. The Bertz CT molecular complexity index is 1130. The number of hydrogen-bond acceptors (Lipinski definition) is 4. The van der Waals surface area contributed by atoms with Crippen LogP contribution in [-0.4, -0.2) is 22.6 Å². The van der Waals surface area contributed by atoms with E-state index in [1.807, 2.05) is 22.8 Å². The van der Waals surface area contributed by atoms with Crippen LogP contribution in [0.2, 0.25) is 0 Å². The largest absolute Gasteiger partial charge is 0.356 e. The van der Waals surface area contributed by atoms with Gasteiger partial charge >= 0.3 is 0 Å². The molecule has 2 aliphatic rings. The average Bonchev–Trinajstić information content (AvgIpc) is 2.77. The number of aromatic nitrogens is 2. The van der Waals surface area contributed by atoms with E-state index < -0.39 is 0 Å². The summed E-state index contributed by atoms with van der Waals surface area (Å²) < 4.78 is 2.04. The number of nitrogens with zero attached hydrogens (tertiary/aromatic N) is 4. The first-order valence-electron chi connectivity index (χ1n) is 10.1. The van der Waals surface area contributed by atoms with Crippen molar-refractivity contribution in [3.63, 3.8) is 0 Å². The monoisotopic (exact) mass is 382 g/mol. The molecule has 2 aliphatic heterocycles. The molecule has 3 atom stereocenters. The van der Waals surface area contributed by atoms with Gasteiger partial charge in [0.25, 0.3) is 5.56 Å². The minimum Gasteiger partial charge on any atom is -0.356 e. The zero-order valence-electron chi connectivity index (χ0n) is 16.1. The van der Waals surface area contributed by atoms with E-state index in [9.17, 15) is 10.1 Å². The molecule has 29 heavy (non-hydrogen) atoms. The zero-order chi connectivity index (χ0) is 19.8. The van der Waals surface area contributed by atoms with E-state index in [0.29, 0.717) is 17.4 Å². The molecule has 0 spiro atoms. The predicted molar refractivity (Wildman–Crippen MR) is 112 cm³/mol. The highest BCUT2D eigenvalue weighted by Crippen LogP contribution is 2.43. The molecule has 4 heterocycles. The Morgan fingerprint density at radius 3 is 2.76 bits per heavy atom. The molecule has 5 rings (SSSR count). The second kappa shape index (κ2) is 7.21. The van der Waals surface area contributed by atoms with Crippen molar-refractivity contribution >= 4 is 5.82 Å². The smallest absolute Gasteiger partial charge is 0.251 e. The molecule has 144 valence electrons. The van der Waals surface area contributed by atoms with Crippen molar-refractivity contribution in [2.24, 2.45) is 5.92 Å². The molecule has 5 nitrogen and oxygen atoms in total. The van der Waals surface area contributed by atoms with Crippen LogP contribution in [0.3, 0.4) is 0 Å². The molecular formula is C24H22N4O. The second-order valence-electron chi connectivity index (χ2n) is 8.03. The Balaban J connectivity index is 1.55. The average molecular weight is 382 g/mol. The Labute approximate surface area is 169 Å². The van der Waals surface area contributed by atoms with Gasteiger partial charge in [0.1, 0.15) is 5.82 Å². The van der Waals surface area contributed by atoms with Gasteiger partial charge in [0, 0.05) is 43.0 Å². The Hall–Kier alpha value is -3.39. The molecule has 0 unspecified atom stereocenters. The van der Waals surface area contributed by atoms with Gasteiger partial charge in [0.2, 0.25) is 0 Å². The SMILES string of the molecule is N#Cc1ccnc(N2C[C@H]3C[C@@H](C2)[C@H](Cc2ccccc2)n2c3cccc2=O)c1. The van der Waals surface area contributed by atoms with E-state index in [1.165, 1.54) is 5.56 Å². The van der Waals surface area contributed by atoms with E-state index in [-0.39, 0.29) is 11.6 Å². The van der Waals surface area contributed by atoms with Crippen molar-refractivity contribution in [1.82, 2.24) is 9.55 Å². The maximum Gasteiger partial charge on any atom is 0.251 e. The van der Waals surface area contributed by atoms with Gasteiger partial charge in [-0.3, -0.25) is 4.79 Å². The third kappa shape index (κ3) is 3.21. The zero-order valence-corrected chi connectivity index (χ0v) is 16.1. The molecule has 5 heteroatoms. The quantitative estimate of drug-likeness (QED) is 0.695. The van der Waals surface area contributed by atoms with E-state index >= 15 is 0 Å². The number of rotatable bonds is 3. The fourth-order valence-electron chi connectivity index (χ4n) is 5.01. The number of benzene rings is 1. The maximum atomic E-state index is 12.8. The van der Waals surface area contributed by atoms with Crippen molar-refractivity contribution in [1.29, 1.82) is 5.26 Å². The highest BCUT2D eigenvalue weighted by molar-refractivity contribution is 5.46. The van der Waals surface area contributed by atoms with E-state index in [1.54, 1.807) is 18.3 Å². The molecule has 3 aromatic rings. The normalized spacial score (nSPS) is 22.6. The number of piperidine rings is 1. The number of anilines is 1. The summed E-state index contributed by atoms with van der Waals surface area (Å²) in [6.45, 7) is 1.66. The minimum atomic E-state index is 0.0937. The van der Waals surface area contributed by atoms with Crippen LogP contribution in [0.15, 0.2) is 71.7 Å². The van der Waals surface area contributed by atoms with Crippen molar-refractivity contribution in [2.75, 3.05) is 18.0 Å². The van der Waals surface area contributed by atoms with Gasteiger partial charge < -0.3 is 9.47 Å². The van der Waals surface area contributed by atoms with Crippen molar-refractivity contribution in [2.45, 2.75) is 24.8 Å². The molecule has 0 amide bonds. The maximum absolute atomic E-state index is 12.8. The summed E-state index contributed by atoms with van der Waals surface area (Å²) in [4.78, 5) is 19.6. The predicted octanol–water partition coefficient (Wildman–Crippen LogP) is 3.52. The lowest BCUT2D eigenvalue weighted by Gasteiger charge is -2.47. The molecule has 1 saturated heterocycles. The molecule has 0 aliphatic carbocycles. The van der Waals surface area contributed by atoms with Crippen LogP contribution in [0.1, 0.15) is 35.2 Å². The summed E-state index contributed by atoms with van der Waals surface area (Å²) in [5, 5.41) is 9.25. The number of pyridine rings is 2. The summed E-state index contributed by atoms with van der Waals surface area (Å²) >= 11 is 0. The van der Waals surface area contributed by atoms with Crippen LogP contribution in [-0.2, 0) is 6.42 Å². The molecule has 2 aromatic heterocycles. The van der Waals surface area contributed by atoms with Crippen LogP contribution in [0.4, 0.5) is 5.82 Å². The topological polar surface area (TPSA) is 61.9 Å². The van der Waals surface area contributed by atoms with E-state index in [0.717, 1.165) is 37.4 Å². The first-order chi connectivity index (χ1) is 14.2. The van der Waals surface area contributed by atoms with Crippen molar-refractivity contribution in [3.05, 3.63) is 94.0 Å². The lowest BCUT2D eigenvalue weighted by atomic mass is 9.76. The summed E-state index contributed by atoms with van der Waals surface area (Å²) in [6.07, 6.45) is 3.63. The van der Waals surface area contributed by atoms with Crippen molar-refractivity contribution < 1.29 is 0 Å². The summed E-state index contributed by atoms with van der Waals surface area (Å²) in [5.41, 5.74) is 3.09. The van der Waals surface area contributed by atoms with Gasteiger partial charge in [0.05, 0.1) is 11.6 Å². The van der Waals surface area contributed by atoms with Crippen LogP contribution in [0.5, 0.6) is 0 Å².